The van der Waals surface area contributed by atoms with E-state index in [-0.39, 0.29) is 5.91 Å². The number of para-hydroxylation sites is 2. The second kappa shape index (κ2) is 11.0. The van der Waals surface area contributed by atoms with Gasteiger partial charge in [-0.3, -0.25) is 25.0 Å². The first-order chi connectivity index (χ1) is 17.7. The number of carbonyl (C=O) groups is 3. The molecule has 3 amide bonds. The highest BCUT2D eigenvalue weighted by Gasteiger charge is 2.31. The largest absolute Gasteiger partial charge is 0.361 e. The van der Waals surface area contributed by atoms with Gasteiger partial charge in [0.15, 0.2) is 0 Å². The predicted molar refractivity (Wildman–Crippen MR) is 145 cm³/mol. The molecule has 0 fully saturated rings. The van der Waals surface area contributed by atoms with E-state index in [1.54, 1.807) is 20.9 Å². The topological polar surface area (TPSA) is 131 Å². The fourth-order valence-corrected chi connectivity index (χ4v) is 4.38. The zero-order valence-corrected chi connectivity index (χ0v) is 21.6. The first-order valence-corrected chi connectivity index (χ1v) is 12.4. The van der Waals surface area contributed by atoms with E-state index in [9.17, 15) is 14.4 Å². The van der Waals surface area contributed by atoms with Crippen LogP contribution in [0, 0.1) is 0 Å². The number of aromatic nitrogens is 2. The molecule has 6 N–H and O–H groups in total. The molecule has 2 aromatic carbocycles. The Kier molecular flexibility index (Phi) is 7.75. The van der Waals surface area contributed by atoms with Crippen molar-refractivity contribution in [1.82, 2.24) is 31.2 Å². The highest BCUT2D eigenvalue weighted by Crippen LogP contribution is 2.21. The van der Waals surface area contributed by atoms with Gasteiger partial charge < -0.3 is 20.6 Å². The van der Waals surface area contributed by atoms with E-state index in [2.05, 4.69) is 31.2 Å². The third-order valence-corrected chi connectivity index (χ3v) is 6.72. The van der Waals surface area contributed by atoms with Crippen molar-refractivity contribution in [2.75, 3.05) is 7.05 Å². The lowest BCUT2D eigenvalue weighted by Crippen LogP contribution is -2.59. The fraction of sp³-hybridized carbons (Fsp3) is 0.321. The molecule has 4 rings (SSSR count). The average molecular weight is 503 g/mol. The Labute approximate surface area is 215 Å². The lowest BCUT2D eigenvalue weighted by molar-refractivity contribution is -0.135. The molecule has 0 aliphatic heterocycles. The smallest absolute Gasteiger partial charge is 0.246 e. The quantitative estimate of drug-likeness (QED) is 0.186. The van der Waals surface area contributed by atoms with Gasteiger partial charge in [-0.1, -0.05) is 36.4 Å². The van der Waals surface area contributed by atoms with Crippen LogP contribution in [0.4, 0.5) is 0 Å². The summed E-state index contributed by atoms with van der Waals surface area (Å²) in [5.41, 5.74) is 2.95. The molecule has 37 heavy (non-hydrogen) atoms. The van der Waals surface area contributed by atoms with Gasteiger partial charge in [0, 0.05) is 47.5 Å². The molecule has 2 atom stereocenters. The van der Waals surface area contributed by atoms with E-state index in [1.165, 1.54) is 6.92 Å². The maximum Gasteiger partial charge on any atom is 0.246 e. The van der Waals surface area contributed by atoms with Crippen molar-refractivity contribution in [1.29, 1.82) is 0 Å². The number of rotatable bonds is 10. The number of likely N-dealkylation sites (N-methyl/N-ethyl adjacent to an activating group) is 1. The molecule has 9 nitrogen and oxygen atoms in total. The van der Waals surface area contributed by atoms with Crippen LogP contribution in [-0.4, -0.2) is 52.5 Å². The molecule has 0 spiro atoms. The maximum absolute atomic E-state index is 13.5. The molecule has 0 saturated carbocycles. The van der Waals surface area contributed by atoms with Crippen LogP contribution in [0.3, 0.4) is 0 Å². The van der Waals surface area contributed by atoms with E-state index in [0.717, 1.165) is 32.9 Å². The van der Waals surface area contributed by atoms with Gasteiger partial charge in [0.05, 0.1) is 17.7 Å². The van der Waals surface area contributed by atoms with Gasteiger partial charge in [-0.25, -0.2) is 0 Å². The third kappa shape index (κ3) is 6.07. The molecule has 194 valence electrons. The number of hydrogen-bond acceptors (Lipinski definition) is 5. The van der Waals surface area contributed by atoms with Gasteiger partial charge in [0.25, 0.3) is 0 Å². The van der Waals surface area contributed by atoms with E-state index in [0.29, 0.717) is 12.8 Å². The Balaban J connectivity index is 1.62. The minimum Gasteiger partial charge on any atom is -0.361 e. The number of H-pyrrole nitrogens is 2. The Morgan fingerprint density at radius 2 is 1.41 bits per heavy atom. The van der Waals surface area contributed by atoms with Crippen LogP contribution in [0.1, 0.15) is 31.9 Å². The molecular weight excluding hydrogens is 468 g/mol. The van der Waals surface area contributed by atoms with Crippen molar-refractivity contribution < 1.29 is 14.4 Å². The molecule has 0 radical (unpaired) electrons. The van der Waals surface area contributed by atoms with Crippen LogP contribution in [0.5, 0.6) is 0 Å². The number of carbonyl (C=O) groups excluding carboxylic acids is 3. The highest BCUT2D eigenvalue weighted by atomic mass is 16.2. The van der Waals surface area contributed by atoms with E-state index in [4.69, 9.17) is 0 Å². The van der Waals surface area contributed by atoms with Crippen LogP contribution < -0.4 is 21.3 Å². The molecule has 4 aromatic rings. The maximum atomic E-state index is 13.5. The average Bonchev–Trinajstić information content (AvgIpc) is 3.47. The summed E-state index contributed by atoms with van der Waals surface area (Å²) in [6.45, 7) is 4.85. The summed E-state index contributed by atoms with van der Waals surface area (Å²) < 4.78 is 0. The predicted octanol–water partition coefficient (Wildman–Crippen LogP) is 2.50. The van der Waals surface area contributed by atoms with Crippen molar-refractivity contribution in [3.63, 3.8) is 0 Å². The standard InChI is InChI=1S/C28H34N6O3/c1-17(35)32-25(14-19-16-31-23-12-8-6-10-21(19)23)33-24(26(36)34-27(37)28(2,3)29-4)13-18-15-30-22-11-7-5-9-20(18)22/h5-12,15-16,24-25,29-31,33H,13-14H2,1-4H3,(H,32,35)(H,34,36,37)/t24-,25+/m1/s1. The van der Waals surface area contributed by atoms with Crippen LogP contribution in [0.25, 0.3) is 21.8 Å². The Bertz CT molecular complexity index is 1420. The monoisotopic (exact) mass is 502 g/mol. The number of fused-ring (bicyclic) bond motifs is 2. The van der Waals surface area contributed by atoms with Gasteiger partial charge in [-0.2, -0.15) is 0 Å². The molecule has 9 heteroatoms. The van der Waals surface area contributed by atoms with Crippen LogP contribution >= 0.6 is 0 Å². The Morgan fingerprint density at radius 1 is 0.865 bits per heavy atom. The van der Waals surface area contributed by atoms with Gasteiger partial charge in [0.2, 0.25) is 17.7 Å². The number of amides is 3. The summed E-state index contributed by atoms with van der Waals surface area (Å²) in [5.74, 6) is -1.12. The number of aromatic amines is 2. The second-order valence-electron chi connectivity index (χ2n) is 9.79. The third-order valence-electron chi connectivity index (χ3n) is 6.72. The zero-order chi connectivity index (χ0) is 26.6. The molecule has 2 aromatic heterocycles. The number of hydrogen-bond donors (Lipinski definition) is 6. The van der Waals surface area contributed by atoms with Crippen molar-refractivity contribution in [3.05, 3.63) is 72.1 Å². The summed E-state index contributed by atoms with van der Waals surface area (Å²) in [7, 11) is 1.67. The molecule has 0 aliphatic carbocycles. The van der Waals surface area contributed by atoms with Gasteiger partial charge >= 0.3 is 0 Å². The number of nitrogens with one attached hydrogen (secondary N) is 6. The highest BCUT2D eigenvalue weighted by molar-refractivity contribution is 6.02. The summed E-state index contributed by atoms with van der Waals surface area (Å²) in [5, 5.41) is 13.8. The van der Waals surface area contributed by atoms with Crippen LogP contribution in [-0.2, 0) is 27.2 Å². The van der Waals surface area contributed by atoms with Crippen molar-refractivity contribution in [3.8, 4) is 0 Å². The second-order valence-corrected chi connectivity index (χ2v) is 9.79. The number of imide groups is 1. The van der Waals surface area contributed by atoms with Crippen LogP contribution in [0.2, 0.25) is 0 Å². The first-order valence-electron chi connectivity index (χ1n) is 12.4. The summed E-state index contributed by atoms with van der Waals surface area (Å²) >= 11 is 0. The van der Waals surface area contributed by atoms with E-state index < -0.39 is 29.6 Å². The molecular formula is C28H34N6O3. The Morgan fingerprint density at radius 3 is 1.95 bits per heavy atom. The SMILES string of the molecule is CNC(C)(C)C(=O)NC(=O)[C@@H](Cc1c[nH]c2ccccc12)N[C@@H](Cc1c[nH]c2ccccc12)NC(C)=O. The summed E-state index contributed by atoms with van der Waals surface area (Å²) in [6.07, 6.45) is 3.99. The van der Waals surface area contributed by atoms with E-state index >= 15 is 0 Å². The summed E-state index contributed by atoms with van der Waals surface area (Å²) in [6, 6.07) is 15.0. The summed E-state index contributed by atoms with van der Waals surface area (Å²) in [4.78, 5) is 44.9. The molecule has 0 unspecified atom stereocenters. The lowest BCUT2D eigenvalue weighted by Gasteiger charge is -2.28. The van der Waals surface area contributed by atoms with Crippen molar-refractivity contribution in [2.45, 2.75) is 51.4 Å². The molecule has 2 heterocycles. The van der Waals surface area contributed by atoms with Gasteiger partial charge in [0.1, 0.15) is 0 Å². The molecule has 0 saturated heterocycles. The Hall–Kier alpha value is -3.95. The number of benzene rings is 2. The minimum atomic E-state index is -0.929. The fourth-order valence-electron chi connectivity index (χ4n) is 4.38. The van der Waals surface area contributed by atoms with Crippen molar-refractivity contribution >= 4 is 39.5 Å². The van der Waals surface area contributed by atoms with Crippen LogP contribution in [0.15, 0.2) is 60.9 Å². The van der Waals surface area contributed by atoms with Gasteiger partial charge in [-0.05, 0) is 50.6 Å². The molecule has 0 aliphatic rings. The zero-order valence-electron chi connectivity index (χ0n) is 21.6. The van der Waals surface area contributed by atoms with E-state index in [1.807, 2.05) is 60.9 Å². The normalized spacial score (nSPS) is 13.4. The first kappa shape index (κ1) is 26.1. The van der Waals surface area contributed by atoms with Gasteiger partial charge in [-0.15, -0.1) is 0 Å². The lowest BCUT2D eigenvalue weighted by atomic mass is 10.0. The minimum absolute atomic E-state index is 0.226. The molecule has 0 bridgehead atoms. The van der Waals surface area contributed by atoms with Crippen molar-refractivity contribution in [2.24, 2.45) is 0 Å².